The van der Waals surface area contributed by atoms with Gasteiger partial charge in [0, 0.05) is 19.3 Å². The third-order valence-electron chi connectivity index (χ3n) is 2.00. The molecule has 0 amide bonds. The van der Waals surface area contributed by atoms with Gasteiger partial charge in [-0.25, -0.2) is 4.98 Å². The standard InChI is InChI=1S/C9H9N5/c1-7-8(5-10)14(6-11-7)9-3-4-13(2)12-9/h3-4,6H,1-2H3. The van der Waals surface area contributed by atoms with Gasteiger partial charge in [0.15, 0.2) is 5.82 Å². The molecule has 0 fully saturated rings. The Balaban J connectivity index is 2.58. The molecule has 0 bridgehead atoms. The van der Waals surface area contributed by atoms with Crippen LogP contribution in [-0.2, 0) is 7.05 Å². The van der Waals surface area contributed by atoms with Crippen LogP contribution in [-0.4, -0.2) is 19.3 Å². The second kappa shape index (κ2) is 3.00. The number of hydrogen-bond acceptors (Lipinski definition) is 3. The van der Waals surface area contributed by atoms with Crippen molar-refractivity contribution in [3.63, 3.8) is 0 Å². The zero-order valence-electron chi connectivity index (χ0n) is 7.97. The molecule has 2 heterocycles. The summed E-state index contributed by atoms with van der Waals surface area (Å²) < 4.78 is 3.36. The normalized spacial score (nSPS) is 10.1. The summed E-state index contributed by atoms with van der Waals surface area (Å²) in [6, 6.07) is 3.94. The van der Waals surface area contributed by atoms with Gasteiger partial charge in [0.25, 0.3) is 0 Å². The van der Waals surface area contributed by atoms with Crippen LogP contribution in [0.2, 0.25) is 0 Å². The number of aromatic nitrogens is 4. The highest BCUT2D eigenvalue weighted by Crippen LogP contribution is 2.10. The maximum Gasteiger partial charge on any atom is 0.160 e. The second-order valence-corrected chi connectivity index (χ2v) is 3.01. The summed E-state index contributed by atoms with van der Waals surface area (Å²) in [5, 5.41) is 13.1. The summed E-state index contributed by atoms with van der Waals surface area (Å²) in [7, 11) is 1.83. The molecule has 0 aliphatic carbocycles. The van der Waals surface area contributed by atoms with Crippen LogP contribution in [0.5, 0.6) is 0 Å². The fourth-order valence-corrected chi connectivity index (χ4v) is 1.28. The smallest absolute Gasteiger partial charge is 0.160 e. The number of nitrogens with zero attached hydrogens (tertiary/aromatic N) is 5. The van der Waals surface area contributed by atoms with Gasteiger partial charge in [-0.3, -0.25) is 9.25 Å². The van der Waals surface area contributed by atoms with Crippen molar-refractivity contribution in [3.8, 4) is 11.9 Å². The Hall–Kier alpha value is -2.09. The molecule has 0 aliphatic heterocycles. The van der Waals surface area contributed by atoms with Gasteiger partial charge in [-0.05, 0) is 6.92 Å². The monoisotopic (exact) mass is 187 g/mol. The number of hydrogen-bond donors (Lipinski definition) is 0. The van der Waals surface area contributed by atoms with Crippen molar-refractivity contribution in [2.24, 2.45) is 7.05 Å². The minimum absolute atomic E-state index is 0.531. The van der Waals surface area contributed by atoms with Crippen molar-refractivity contribution in [3.05, 3.63) is 30.0 Å². The van der Waals surface area contributed by atoms with Gasteiger partial charge in [0.2, 0.25) is 0 Å². The minimum Gasteiger partial charge on any atom is -0.274 e. The summed E-state index contributed by atoms with van der Waals surface area (Å²) in [6.45, 7) is 1.80. The SMILES string of the molecule is Cc1ncn(-c2ccn(C)n2)c1C#N. The Morgan fingerprint density at radius 3 is 2.86 bits per heavy atom. The lowest BCUT2D eigenvalue weighted by Crippen LogP contribution is -1.98. The molecule has 0 atom stereocenters. The van der Waals surface area contributed by atoms with Crippen molar-refractivity contribution in [2.75, 3.05) is 0 Å². The molecule has 2 aromatic heterocycles. The van der Waals surface area contributed by atoms with E-state index < -0.39 is 0 Å². The molecule has 70 valence electrons. The zero-order chi connectivity index (χ0) is 10.1. The summed E-state index contributed by atoms with van der Waals surface area (Å²) >= 11 is 0. The molecule has 0 aromatic carbocycles. The molecular formula is C9H9N5. The first-order valence-corrected chi connectivity index (χ1v) is 4.16. The molecule has 0 aliphatic rings. The first-order chi connectivity index (χ1) is 6.72. The summed E-state index contributed by atoms with van der Waals surface area (Å²) in [5.74, 6) is 0.713. The molecule has 14 heavy (non-hydrogen) atoms. The van der Waals surface area contributed by atoms with Crippen molar-refractivity contribution >= 4 is 0 Å². The van der Waals surface area contributed by atoms with E-state index >= 15 is 0 Å². The van der Waals surface area contributed by atoms with E-state index in [1.807, 2.05) is 19.3 Å². The van der Waals surface area contributed by atoms with Gasteiger partial charge in [0.1, 0.15) is 18.1 Å². The predicted octanol–water partition coefficient (Wildman–Crippen LogP) is 0.786. The third-order valence-corrected chi connectivity index (χ3v) is 2.00. The van der Waals surface area contributed by atoms with Gasteiger partial charge in [0.05, 0.1) is 5.69 Å². The average Bonchev–Trinajstić information content (AvgIpc) is 2.71. The van der Waals surface area contributed by atoms with E-state index in [9.17, 15) is 0 Å². The first-order valence-electron chi connectivity index (χ1n) is 4.16. The molecular weight excluding hydrogens is 178 g/mol. The topological polar surface area (TPSA) is 59.4 Å². The van der Waals surface area contributed by atoms with Crippen LogP contribution in [0.3, 0.4) is 0 Å². The van der Waals surface area contributed by atoms with Crippen molar-refractivity contribution in [1.29, 1.82) is 5.26 Å². The predicted molar refractivity (Wildman–Crippen MR) is 49.8 cm³/mol. The molecule has 0 saturated heterocycles. The lowest BCUT2D eigenvalue weighted by atomic mass is 10.4. The lowest BCUT2D eigenvalue weighted by Gasteiger charge is -1.97. The van der Waals surface area contributed by atoms with Crippen LogP contribution >= 0.6 is 0 Å². The van der Waals surface area contributed by atoms with Crippen LogP contribution in [0.15, 0.2) is 18.6 Å². The van der Waals surface area contributed by atoms with E-state index in [0.717, 1.165) is 5.69 Å². The van der Waals surface area contributed by atoms with Gasteiger partial charge < -0.3 is 0 Å². The van der Waals surface area contributed by atoms with Crippen molar-refractivity contribution in [1.82, 2.24) is 19.3 Å². The van der Waals surface area contributed by atoms with Gasteiger partial charge in [-0.15, -0.1) is 0 Å². The molecule has 0 N–H and O–H groups in total. The fourth-order valence-electron chi connectivity index (χ4n) is 1.28. The molecule has 2 rings (SSSR count). The van der Waals surface area contributed by atoms with Gasteiger partial charge >= 0.3 is 0 Å². The van der Waals surface area contributed by atoms with Crippen molar-refractivity contribution in [2.45, 2.75) is 6.92 Å². The highest BCUT2D eigenvalue weighted by atomic mass is 15.3. The second-order valence-electron chi connectivity index (χ2n) is 3.01. The Morgan fingerprint density at radius 2 is 2.29 bits per heavy atom. The van der Waals surface area contributed by atoms with E-state index in [0.29, 0.717) is 11.5 Å². The third kappa shape index (κ3) is 1.17. The van der Waals surface area contributed by atoms with Crippen LogP contribution < -0.4 is 0 Å². The number of imidazole rings is 1. The Morgan fingerprint density at radius 1 is 1.50 bits per heavy atom. The quantitative estimate of drug-likeness (QED) is 0.663. The summed E-state index contributed by atoms with van der Waals surface area (Å²) in [5.41, 5.74) is 1.25. The molecule has 0 radical (unpaired) electrons. The highest BCUT2D eigenvalue weighted by Gasteiger charge is 2.09. The Labute approximate surface area is 81.2 Å². The van der Waals surface area contributed by atoms with Crippen LogP contribution in [0.4, 0.5) is 0 Å². The molecule has 5 nitrogen and oxygen atoms in total. The van der Waals surface area contributed by atoms with Crippen LogP contribution in [0, 0.1) is 18.3 Å². The van der Waals surface area contributed by atoms with Crippen molar-refractivity contribution < 1.29 is 0 Å². The fraction of sp³-hybridized carbons (Fsp3) is 0.222. The number of rotatable bonds is 1. The van der Waals surface area contributed by atoms with Crippen LogP contribution in [0.1, 0.15) is 11.4 Å². The average molecular weight is 187 g/mol. The van der Waals surface area contributed by atoms with E-state index in [2.05, 4.69) is 16.2 Å². The maximum absolute atomic E-state index is 8.91. The first kappa shape index (κ1) is 8.51. The van der Waals surface area contributed by atoms with Gasteiger partial charge in [-0.2, -0.15) is 10.4 Å². The number of nitriles is 1. The maximum atomic E-state index is 8.91. The van der Waals surface area contributed by atoms with E-state index in [4.69, 9.17) is 5.26 Å². The molecule has 0 unspecified atom stereocenters. The summed E-state index contributed by atoms with van der Waals surface area (Å²) in [6.07, 6.45) is 3.43. The van der Waals surface area contributed by atoms with E-state index in [-0.39, 0.29) is 0 Å². The highest BCUT2D eigenvalue weighted by molar-refractivity contribution is 5.34. The van der Waals surface area contributed by atoms with Crippen LogP contribution in [0.25, 0.3) is 5.82 Å². The van der Waals surface area contributed by atoms with E-state index in [1.165, 1.54) is 0 Å². The molecule has 2 aromatic rings. The van der Waals surface area contributed by atoms with Gasteiger partial charge in [-0.1, -0.05) is 0 Å². The minimum atomic E-state index is 0.531. The largest absolute Gasteiger partial charge is 0.274 e. The van der Waals surface area contributed by atoms with E-state index in [1.54, 1.807) is 22.5 Å². The Bertz CT molecular complexity index is 499. The Kier molecular flexibility index (Phi) is 1.82. The zero-order valence-corrected chi connectivity index (χ0v) is 7.97. The lowest BCUT2D eigenvalue weighted by molar-refractivity contribution is 0.749. The number of aryl methyl sites for hydroxylation is 2. The summed E-state index contributed by atoms with van der Waals surface area (Å²) in [4.78, 5) is 4.06. The molecule has 5 heteroatoms. The molecule has 0 spiro atoms. The molecule has 0 saturated carbocycles.